The van der Waals surface area contributed by atoms with Crippen LogP contribution < -0.4 is 0 Å². The average Bonchev–Trinajstić information content (AvgIpc) is 2.80. The molecule has 0 unspecified atom stereocenters. The number of ketones is 1. The van der Waals surface area contributed by atoms with Crippen molar-refractivity contribution in [3.8, 4) is 0 Å². The Morgan fingerprint density at radius 2 is 1.17 bits per heavy atom. The summed E-state index contributed by atoms with van der Waals surface area (Å²) in [5.74, 6) is 1.70. The second-order valence-corrected chi connectivity index (χ2v) is 8.84. The summed E-state index contributed by atoms with van der Waals surface area (Å²) in [5.41, 5.74) is 3.62. The Kier molecular flexibility index (Phi) is 9.32. The summed E-state index contributed by atoms with van der Waals surface area (Å²) in [6.07, 6.45) is 9.05. The van der Waals surface area contributed by atoms with Crippen LogP contribution in [0.3, 0.4) is 0 Å². The van der Waals surface area contributed by atoms with Gasteiger partial charge in [0.05, 0.1) is 0 Å². The fourth-order valence-corrected chi connectivity index (χ4v) is 4.72. The molecule has 0 heterocycles. The first kappa shape index (κ1) is 21.9. The van der Waals surface area contributed by atoms with Crippen molar-refractivity contribution in [1.82, 2.24) is 0 Å². The molecule has 0 radical (unpaired) electrons. The topological polar surface area (TPSA) is 17.1 Å². The van der Waals surface area contributed by atoms with Crippen molar-refractivity contribution in [3.05, 3.63) is 136 Å². The van der Waals surface area contributed by atoms with E-state index < -0.39 is 0 Å². The quantitative estimate of drug-likeness (QED) is 0.245. The summed E-state index contributed by atoms with van der Waals surface area (Å²) in [4.78, 5) is 12.5. The minimum atomic E-state index is 0.00355. The summed E-state index contributed by atoms with van der Waals surface area (Å²) < 4.78 is 1.03. The molecule has 0 aromatic heterocycles. The van der Waals surface area contributed by atoms with Gasteiger partial charge in [-0.15, -0.1) is 23.5 Å². The molecular weight excluding hydrogens is 404 g/mol. The second kappa shape index (κ2) is 12.7. The maximum atomic E-state index is 12.5. The summed E-state index contributed by atoms with van der Waals surface area (Å²) in [7, 11) is 0. The maximum absolute atomic E-state index is 12.5. The number of hydrogen-bond acceptors (Lipinski definition) is 3. The summed E-state index contributed by atoms with van der Waals surface area (Å²) >= 11 is 3.42. The molecule has 3 aromatic rings. The number of benzene rings is 3. The Morgan fingerprint density at radius 1 is 0.667 bits per heavy atom. The number of thioether (sulfide) groups is 2. The molecule has 0 aliphatic rings. The molecule has 0 bridgehead atoms. The molecule has 3 rings (SSSR count). The van der Waals surface area contributed by atoms with E-state index in [4.69, 9.17) is 0 Å². The summed E-state index contributed by atoms with van der Waals surface area (Å²) in [6.45, 7) is 0. The van der Waals surface area contributed by atoms with Gasteiger partial charge in [0.25, 0.3) is 0 Å². The highest BCUT2D eigenvalue weighted by atomic mass is 32.2. The molecule has 0 aliphatic carbocycles. The van der Waals surface area contributed by atoms with E-state index in [1.54, 1.807) is 41.8 Å². The number of carbonyl (C=O) groups is 1. The Balaban J connectivity index is 1.62. The Bertz CT molecular complexity index is 945. The number of carbonyl (C=O) groups excluding carboxylic acids is 1. The first-order valence-corrected chi connectivity index (χ1v) is 11.8. The van der Waals surface area contributed by atoms with Gasteiger partial charge in [-0.3, -0.25) is 4.79 Å². The second-order valence-electron chi connectivity index (χ2n) is 6.54. The first-order chi connectivity index (χ1) is 14.8. The molecule has 0 atom stereocenters. The highest BCUT2D eigenvalue weighted by molar-refractivity contribution is 8.21. The number of hydrogen-bond donors (Lipinski definition) is 0. The third-order valence-electron chi connectivity index (χ3n) is 4.17. The predicted octanol–water partition coefficient (Wildman–Crippen LogP) is 7.53. The molecule has 0 N–H and O–H groups in total. The SMILES string of the molecule is O=C(C=C(SCc1ccccc1)SCc1ccccc1)/C=C/C=C/c1ccccc1. The standard InChI is InChI=1S/C27H24OS2/c28-26(19-11-10-14-23-12-4-1-5-13-23)20-27(29-21-24-15-6-2-7-16-24)30-22-25-17-8-3-9-18-25/h1-20H,21-22H2/b14-10+,19-11+. The Hall–Kier alpha value is -2.75. The molecule has 0 saturated carbocycles. The highest BCUT2D eigenvalue weighted by Gasteiger charge is 2.04. The van der Waals surface area contributed by atoms with E-state index in [0.29, 0.717) is 0 Å². The van der Waals surface area contributed by atoms with Crippen LogP contribution in [-0.2, 0) is 16.3 Å². The van der Waals surface area contributed by atoms with Crippen molar-refractivity contribution in [1.29, 1.82) is 0 Å². The van der Waals surface area contributed by atoms with Crippen molar-refractivity contribution in [2.45, 2.75) is 11.5 Å². The van der Waals surface area contributed by atoms with Gasteiger partial charge in [-0.05, 0) is 22.8 Å². The van der Waals surface area contributed by atoms with Gasteiger partial charge < -0.3 is 0 Å². The van der Waals surface area contributed by atoms with Crippen molar-refractivity contribution >= 4 is 35.4 Å². The van der Waals surface area contributed by atoms with Gasteiger partial charge in [-0.2, -0.15) is 0 Å². The van der Waals surface area contributed by atoms with Crippen molar-refractivity contribution < 1.29 is 4.79 Å². The minimum Gasteiger partial charge on any atom is -0.290 e. The van der Waals surface area contributed by atoms with E-state index in [0.717, 1.165) is 21.3 Å². The van der Waals surface area contributed by atoms with Gasteiger partial charge in [0.2, 0.25) is 0 Å². The molecule has 3 aromatic carbocycles. The van der Waals surface area contributed by atoms with Gasteiger partial charge in [-0.25, -0.2) is 0 Å². The van der Waals surface area contributed by atoms with E-state index in [9.17, 15) is 4.79 Å². The van der Waals surface area contributed by atoms with Crippen LogP contribution in [0.2, 0.25) is 0 Å². The fraction of sp³-hybridized carbons (Fsp3) is 0.0741. The van der Waals surface area contributed by atoms with Crippen LogP contribution >= 0.6 is 23.5 Å². The van der Waals surface area contributed by atoms with Crippen molar-refractivity contribution in [3.63, 3.8) is 0 Å². The Morgan fingerprint density at radius 3 is 1.70 bits per heavy atom. The number of allylic oxidation sites excluding steroid dienone is 4. The lowest BCUT2D eigenvalue weighted by Gasteiger charge is -2.07. The van der Waals surface area contributed by atoms with E-state index >= 15 is 0 Å². The zero-order valence-electron chi connectivity index (χ0n) is 16.7. The van der Waals surface area contributed by atoms with Crippen molar-refractivity contribution in [2.24, 2.45) is 0 Å². The molecule has 1 nitrogen and oxygen atoms in total. The molecule has 0 aliphatic heterocycles. The molecule has 0 amide bonds. The minimum absolute atomic E-state index is 0.00355. The smallest absolute Gasteiger partial charge is 0.180 e. The third-order valence-corrected chi connectivity index (χ3v) is 6.63. The van der Waals surface area contributed by atoms with E-state index in [-0.39, 0.29) is 5.78 Å². The number of rotatable bonds is 10. The lowest BCUT2D eigenvalue weighted by atomic mass is 10.2. The van der Waals surface area contributed by atoms with Crippen LogP contribution in [0.25, 0.3) is 6.08 Å². The van der Waals surface area contributed by atoms with Crippen LogP contribution in [0.4, 0.5) is 0 Å². The van der Waals surface area contributed by atoms with Gasteiger partial charge >= 0.3 is 0 Å². The molecule has 30 heavy (non-hydrogen) atoms. The molecule has 0 spiro atoms. The molecule has 3 heteroatoms. The van der Waals surface area contributed by atoms with Crippen LogP contribution in [0.1, 0.15) is 16.7 Å². The lowest BCUT2D eigenvalue weighted by Crippen LogP contribution is -1.89. The molecular formula is C27H24OS2. The molecule has 150 valence electrons. The monoisotopic (exact) mass is 428 g/mol. The third kappa shape index (κ3) is 8.32. The van der Waals surface area contributed by atoms with Crippen LogP contribution in [0, 0.1) is 0 Å². The Labute approximate surface area is 187 Å². The van der Waals surface area contributed by atoms with Crippen LogP contribution in [-0.4, -0.2) is 5.78 Å². The fourth-order valence-electron chi connectivity index (χ4n) is 2.63. The normalized spacial score (nSPS) is 11.1. The summed E-state index contributed by atoms with van der Waals surface area (Å²) in [5, 5.41) is 0. The zero-order valence-corrected chi connectivity index (χ0v) is 18.3. The maximum Gasteiger partial charge on any atom is 0.180 e. The molecule has 0 fully saturated rings. The van der Waals surface area contributed by atoms with Crippen LogP contribution in [0.15, 0.2) is 120 Å². The molecule has 0 saturated heterocycles. The first-order valence-electron chi connectivity index (χ1n) is 9.78. The highest BCUT2D eigenvalue weighted by Crippen LogP contribution is 2.33. The zero-order chi connectivity index (χ0) is 20.9. The van der Waals surface area contributed by atoms with E-state index in [1.807, 2.05) is 78.9 Å². The van der Waals surface area contributed by atoms with Crippen LogP contribution in [0.5, 0.6) is 0 Å². The van der Waals surface area contributed by atoms with Gasteiger partial charge in [0.1, 0.15) is 0 Å². The largest absolute Gasteiger partial charge is 0.290 e. The lowest BCUT2D eigenvalue weighted by molar-refractivity contribution is -0.110. The van der Waals surface area contributed by atoms with Gasteiger partial charge in [-0.1, -0.05) is 109 Å². The van der Waals surface area contributed by atoms with Crippen molar-refractivity contribution in [2.75, 3.05) is 0 Å². The average molecular weight is 429 g/mol. The predicted molar refractivity (Wildman–Crippen MR) is 133 cm³/mol. The van der Waals surface area contributed by atoms with Gasteiger partial charge in [0, 0.05) is 21.8 Å². The van der Waals surface area contributed by atoms with E-state index in [2.05, 4.69) is 24.3 Å². The van der Waals surface area contributed by atoms with Gasteiger partial charge in [0.15, 0.2) is 5.78 Å². The summed E-state index contributed by atoms with van der Waals surface area (Å²) in [6, 6.07) is 30.7. The van der Waals surface area contributed by atoms with E-state index in [1.165, 1.54) is 11.1 Å².